The number of anilines is 1. The van der Waals surface area contributed by atoms with Gasteiger partial charge in [-0.15, -0.1) is 0 Å². The van der Waals surface area contributed by atoms with Gasteiger partial charge < -0.3 is 9.47 Å². The predicted molar refractivity (Wildman–Crippen MR) is 101 cm³/mol. The Morgan fingerprint density at radius 2 is 1.81 bits per heavy atom. The van der Waals surface area contributed by atoms with Crippen molar-refractivity contribution in [3.8, 4) is 11.5 Å². The molecule has 0 amide bonds. The monoisotopic (exact) mass is 373 g/mol. The fraction of sp³-hybridized carbons (Fsp3) is 0.400. The molecular formula is C20H23NO4S. The second-order valence-electron chi connectivity index (χ2n) is 6.96. The highest BCUT2D eigenvalue weighted by molar-refractivity contribution is 7.92. The van der Waals surface area contributed by atoms with Gasteiger partial charge in [0, 0.05) is 6.07 Å². The standard InChI is InChI=1S/C20H23NO4S/c1-14-7-10-16(11-8-14)26(22,23)21-17-5-3-4-6-19(17)25-20-12-9-15(24-2)13-18(20)21/h7-13,17,19H,3-6H2,1-2H3/t17-,19-/m1/s1. The number of methoxy groups -OCH3 is 1. The zero-order chi connectivity index (χ0) is 18.3. The molecule has 26 heavy (non-hydrogen) atoms. The van der Waals surface area contributed by atoms with E-state index in [0.29, 0.717) is 22.1 Å². The summed E-state index contributed by atoms with van der Waals surface area (Å²) in [5, 5.41) is 0. The molecule has 0 unspecified atom stereocenters. The third-order valence-corrected chi connectivity index (χ3v) is 7.08. The van der Waals surface area contributed by atoms with Gasteiger partial charge in [-0.2, -0.15) is 0 Å². The van der Waals surface area contributed by atoms with Crippen LogP contribution in [0.5, 0.6) is 11.5 Å². The number of benzene rings is 2. The minimum atomic E-state index is -3.69. The Balaban J connectivity index is 1.87. The molecule has 2 atom stereocenters. The molecule has 1 aliphatic carbocycles. The number of hydrogen-bond donors (Lipinski definition) is 0. The first-order valence-corrected chi connectivity index (χ1v) is 10.4. The van der Waals surface area contributed by atoms with Crippen LogP contribution >= 0.6 is 0 Å². The van der Waals surface area contributed by atoms with E-state index < -0.39 is 10.0 Å². The van der Waals surface area contributed by atoms with E-state index in [4.69, 9.17) is 9.47 Å². The number of ether oxygens (including phenoxy) is 2. The molecule has 1 saturated carbocycles. The fourth-order valence-corrected chi connectivity index (χ4v) is 5.56. The summed E-state index contributed by atoms with van der Waals surface area (Å²) in [6.45, 7) is 1.95. The number of sulfonamides is 1. The van der Waals surface area contributed by atoms with Gasteiger partial charge in [0.15, 0.2) is 0 Å². The van der Waals surface area contributed by atoms with Crippen LogP contribution in [0, 0.1) is 6.92 Å². The summed E-state index contributed by atoms with van der Waals surface area (Å²) in [7, 11) is -2.11. The van der Waals surface area contributed by atoms with E-state index in [9.17, 15) is 8.42 Å². The second kappa shape index (κ2) is 6.50. The van der Waals surface area contributed by atoms with E-state index in [1.54, 1.807) is 41.7 Å². The molecule has 1 heterocycles. The van der Waals surface area contributed by atoms with Gasteiger partial charge in [0.05, 0.1) is 23.7 Å². The largest absolute Gasteiger partial charge is 0.497 e. The lowest BCUT2D eigenvalue weighted by atomic mass is 9.91. The molecule has 0 aromatic heterocycles. The Kier molecular flexibility index (Phi) is 4.31. The molecule has 0 saturated heterocycles. The number of fused-ring (bicyclic) bond motifs is 2. The van der Waals surface area contributed by atoms with Crippen molar-refractivity contribution in [3.05, 3.63) is 48.0 Å². The quantitative estimate of drug-likeness (QED) is 0.819. The van der Waals surface area contributed by atoms with E-state index in [2.05, 4.69) is 0 Å². The van der Waals surface area contributed by atoms with Crippen LogP contribution in [0.25, 0.3) is 0 Å². The Morgan fingerprint density at radius 3 is 2.54 bits per heavy atom. The summed E-state index contributed by atoms with van der Waals surface area (Å²) in [5.41, 5.74) is 1.59. The van der Waals surface area contributed by atoms with Crippen LogP contribution in [-0.4, -0.2) is 27.7 Å². The van der Waals surface area contributed by atoms with Crippen LogP contribution < -0.4 is 13.8 Å². The maximum absolute atomic E-state index is 13.5. The van der Waals surface area contributed by atoms with Crippen molar-refractivity contribution in [3.63, 3.8) is 0 Å². The Bertz CT molecular complexity index is 908. The molecule has 2 aliphatic rings. The number of nitrogens with zero attached hydrogens (tertiary/aromatic N) is 1. The lowest BCUT2D eigenvalue weighted by Gasteiger charge is -2.44. The summed E-state index contributed by atoms with van der Waals surface area (Å²) < 4.78 is 40.1. The van der Waals surface area contributed by atoms with Crippen LogP contribution in [0.1, 0.15) is 31.2 Å². The number of aryl methyl sites for hydroxylation is 1. The highest BCUT2D eigenvalue weighted by Crippen LogP contribution is 2.45. The first-order chi connectivity index (χ1) is 12.5. The lowest BCUT2D eigenvalue weighted by Crippen LogP contribution is -2.53. The van der Waals surface area contributed by atoms with Crippen LogP contribution in [0.4, 0.5) is 5.69 Å². The van der Waals surface area contributed by atoms with Crippen molar-refractivity contribution in [1.29, 1.82) is 0 Å². The maximum Gasteiger partial charge on any atom is 0.264 e. The Hall–Kier alpha value is -2.21. The molecule has 4 rings (SSSR count). The third-order valence-electron chi connectivity index (χ3n) is 5.23. The second-order valence-corrected chi connectivity index (χ2v) is 8.77. The van der Waals surface area contributed by atoms with Gasteiger partial charge in [0.2, 0.25) is 0 Å². The van der Waals surface area contributed by atoms with E-state index in [-0.39, 0.29) is 12.1 Å². The lowest BCUT2D eigenvalue weighted by molar-refractivity contribution is 0.122. The summed E-state index contributed by atoms with van der Waals surface area (Å²) >= 11 is 0. The number of rotatable bonds is 3. The minimum Gasteiger partial charge on any atom is -0.497 e. The van der Waals surface area contributed by atoms with Crippen molar-refractivity contribution in [2.45, 2.75) is 49.6 Å². The summed E-state index contributed by atoms with van der Waals surface area (Å²) in [5.74, 6) is 1.22. The summed E-state index contributed by atoms with van der Waals surface area (Å²) in [4.78, 5) is 0.308. The van der Waals surface area contributed by atoms with Gasteiger partial charge in [0.25, 0.3) is 10.0 Å². The topological polar surface area (TPSA) is 55.8 Å². The maximum atomic E-state index is 13.5. The highest BCUT2D eigenvalue weighted by atomic mass is 32.2. The summed E-state index contributed by atoms with van der Waals surface area (Å²) in [6.07, 6.45) is 3.63. The average molecular weight is 373 g/mol. The van der Waals surface area contributed by atoms with E-state index in [0.717, 1.165) is 31.2 Å². The zero-order valence-corrected chi connectivity index (χ0v) is 15.8. The smallest absolute Gasteiger partial charge is 0.264 e. The van der Waals surface area contributed by atoms with Gasteiger partial charge in [-0.3, -0.25) is 4.31 Å². The number of hydrogen-bond acceptors (Lipinski definition) is 4. The van der Waals surface area contributed by atoms with Gasteiger partial charge in [-0.1, -0.05) is 24.1 Å². The van der Waals surface area contributed by atoms with Crippen LogP contribution in [-0.2, 0) is 10.0 Å². The van der Waals surface area contributed by atoms with Gasteiger partial charge in [0.1, 0.15) is 17.6 Å². The molecule has 0 bridgehead atoms. The normalized spacial score (nSPS) is 22.2. The van der Waals surface area contributed by atoms with Crippen molar-refractivity contribution < 1.29 is 17.9 Å². The zero-order valence-electron chi connectivity index (χ0n) is 15.0. The molecule has 1 fully saturated rings. The fourth-order valence-electron chi connectivity index (χ4n) is 3.85. The molecule has 0 radical (unpaired) electrons. The highest BCUT2D eigenvalue weighted by Gasteiger charge is 2.43. The van der Waals surface area contributed by atoms with Crippen molar-refractivity contribution >= 4 is 15.7 Å². The van der Waals surface area contributed by atoms with Gasteiger partial charge >= 0.3 is 0 Å². The summed E-state index contributed by atoms with van der Waals surface area (Å²) in [6, 6.07) is 12.2. The first kappa shape index (κ1) is 17.2. The molecule has 2 aromatic carbocycles. The molecule has 2 aromatic rings. The Labute approximate surface area is 154 Å². The minimum absolute atomic E-state index is 0.107. The van der Waals surface area contributed by atoms with E-state index in [1.807, 2.05) is 19.1 Å². The van der Waals surface area contributed by atoms with E-state index >= 15 is 0 Å². The molecule has 138 valence electrons. The van der Waals surface area contributed by atoms with Crippen molar-refractivity contribution in [2.24, 2.45) is 0 Å². The van der Waals surface area contributed by atoms with E-state index in [1.165, 1.54) is 0 Å². The van der Waals surface area contributed by atoms with Gasteiger partial charge in [-0.25, -0.2) is 8.42 Å². The van der Waals surface area contributed by atoms with Crippen LogP contribution in [0.15, 0.2) is 47.4 Å². The third kappa shape index (κ3) is 2.82. The first-order valence-electron chi connectivity index (χ1n) is 8.96. The molecule has 5 nitrogen and oxygen atoms in total. The molecule has 6 heteroatoms. The molecule has 1 aliphatic heterocycles. The van der Waals surface area contributed by atoms with Crippen molar-refractivity contribution in [1.82, 2.24) is 0 Å². The van der Waals surface area contributed by atoms with Gasteiger partial charge in [-0.05, 0) is 50.5 Å². The Morgan fingerprint density at radius 1 is 1.08 bits per heavy atom. The average Bonchev–Trinajstić information content (AvgIpc) is 2.65. The molecule has 0 spiro atoms. The van der Waals surface area contributed by atoms with Crippen LogP contribution in [0.2, 0.25) is 0 Å². The molecule has 0 N–H and O–H groups in total. The predicted octanol–water partition coefficient (Wildman–Crippen LogP) is 3.90. The van der Waals surface area contributed by atoms with Crippen molar-refractivity contribution in [2.75, 3.05) is 11.4 Å². The SMILES string of the molecule is COc1ccc2c(c1)N(S(=O)(=O)c1ccc(C)cc1)[C@@H]1CCCC[C@H]1O2. The van der Waals surface area contributed by atoms with Crippen LogP contribution in [0.3, 0.4) is 0 Å². The molecular weight excluding hydrogens is 350 g/mol.